The van der Waals surface area contributed by atoms with Crippen molar-refractivity contribution in [2.75, 3.05) is 0 Å². The molecule has 1 fully saturated rings. The van der Waals surface area contributed by atoms with E-state index < -0.39 is 8.07 Å². The zero-order valence-electron chi connectivity index (χ0n) is 17.1. The minimum absolute atomic E-state index is 0.159. The Balaban J connectivity index is 1.68. The molecule has 0 radical (unpaired) electrons. The minimum Gasteiger partial charge on any atom is -0.367 e. The van der Waals surface area contributed by atoms with Crippen molar-refractivity contribution in [3.05, 3.63) is 102 Å². The van der Waals surface area contributed by atoms with Crippen molar-refractivity contribution in [2.24, 2.45) is 0 Å². The summed E-state index contributed by atoms with van der Waals surface area (Å²) in [6.45, 7) is 7.31. The van der Waals surface area contributed by atoms with Crippen molar-refractivity contribution in [3.63, 3.8) is 0 Å². The van der Waals surface area contributed by atoms with Crippen molar-refractivity contribution >= 4 is 13.3 Å². The molecule has 4 rings (SSSR count). The van der Waals surface area contributed by atoms with Crippen LogP contribution in [0.1, 0.15) is 36.5 Å². The molecule has 1 aliphatic rings. The van der Waals surface area contributed by atoms with Crippen LogP contribution in [0.5, 0.6) is 0 Å². The summed E-state index contributed by atoms with van der Waals surface area (Å²) < 4.78 is 6.89. The van der Waals surface area contributed by atoms with Gasteiger partial charge in [-0.3, -0.25) is 0 Å². The molecule has 0 aliphatic carbocycles. The molecular formula is C26H30OSi. The molecule has 0 saturated carbocycles. The van der Waals surface area contributed by atoms with Crippen LogP contribution in [0.3, 0.4) is 0 Å². The van der Waals surface area contributed by atoms with Gasteiger partial charge < -0.3 is 4.74 Å². The van der Waals surface area contributed by atoms with E-state index in [-0.39, 0.29) is 11.7 Å². The summed E-state index contributed by atoms with van der Waals surface area (Å²) in [5.41, 5.74) is 2.54. The molecule has 1 aliphatic heterocycles. The Labute approximate surface area is 170 Å². The lowest BCUT2D eigenvalue weighted by atomic mass is 9.83. The summed E-state index contributed by atoms with van der Waals surface area (Å²) in [4.78, 5) is 0. The quantitative estimate of drug-likeness (QED) is 0.467. The Hall–Kier alpha value is -2.16. The van der Waals surface area contributed by atoms with Gasteiger partial charge in [-0.15, -0.1) is 0 Å². The van der Waals surface area contributed by atoms with Gasteiger partial charge in [0.1, 0.15) is 0 Å². The molecule has 0 unspecified atom stereocenters. The maximum atomic E-state index is 6.89. The van der Waals surface area contributed by atoms with E-state index in [2.05, 4.69) is 111 Å². The van der Waals surface area contributed by atoms with E-state index in [4.69, 9.17) is 4.74 Å². The summed E-state index contributed by atoms with van der Waals surface area (Å²) >= 11 is 0. The molecule has 144 valence electrons. The molecule has 3 aromatic carbocycles. The summed E-state index contributed by atoms with van der Waals surface area (Å²) in [7, 11) is -1.65. The Morgan fingerprint density at radius 3 is 1.86 bits per heavy atom. The Morgan fingerprint density at radius 1 is 0.786 bits per heavy atom. The fourth-order valence-corrected chi connectivity index (χ4v) is 8.38. The second-order valence-corrected chi connectivity index (χ2v) is 13.7. The standard InChI is InChI=1S/C26H30OSi/c1-26(20-28(2,3)23-17-11-6-12-18-23)24(21-13-7-4-8-14-21)19-25(27-26)22-15-9-5-10-16-22/h4-18,24-25H,19-20H2,1-3H3/t24-,25-,26-/m0/s1. The van der Waals surface area contributed by atoms with Gasteiger partial charge in [-0.2, -0.15) is 0 Å². The molecule has 1 saturated heterocycles. The zero-order chi connectivity index (χ0) is 19.6. The number of hydrogen-bond donors (Lipinski definition) is 0. The molecule has 0 amide bonds. The van der Waals surface area contributed by atoms with Crippen LogP contribution >= 0.6 is 0 Å². The van der Waals surface area contributed by atoms with Crippen molar-refractivity contribution in [3.8, 4) is 0 Å². The first kappa shape index (κ1) is 19.2. The van der Waals surface area contributed by atoms with Crippen LogP contribution in [0.15, 0.2) is 91.0 Å². The Bertz CT molecular complexity index is 891. The first-order valence-electron chi connectivity index (χ1n) is 10.3. The highest BCUT2D eigenvalue weighted by molar-refractivity contribution is 6.90. The average molecular weight is 387 g/mol. The topological polar surface area (TPSA) is 9.23 Å². The predicted molar refractivity (Wildman–Crippen MR) is 121 cm³/mol. The molecule has 28 heavy (non-hydrogen) atoms. The van der Waals surface area contributed by atoms with Crippen molar-refractivity contribution < 1.29 is 4.74 Å². The minimum atomic E-state index is -1.65. The van der Waals surface area contributed by atoms with Crippen molar-refractivity contribution in [1.29, 1.82) is 0 Å². The van der Waals surface area contributed by atoms with E-state index >= 15 is 0 Å². The van der Waals surface area contributed by atoms with Gasteiger partial charge in [-0.1, -0.05) is 109 Å². The third-order valence-corrected chi connectivity index (χ3v) is 9.80. The monoisotopic (exact) mass is 386 g/mol. The van der Waals surface area contributed by atoms with Crippen LogP contribution in [0.25, 0.3) is 0 Å². The lowest BCUT2D eigenvalue weighted by Crippen LogP contribution is -2.49. The van der Waals surface area contributed by atoms with E-state index in [1.165, 1.54) is 16.3 Å². The molecule has 3 aromatic rings. The predicted octanol–water partition coefficient (Wildman–Crippen LogP) is 6.31. The van der Waals surface area contributed by atoms with E-state index in [9.17, 15) is 0 Å². The highest BCUT2D eigenvalue weighted by Gasteiger charge is 2.49. The van der Waals surface area contributed by atoms with Gasteiger partial charge in [0.05, 0.1) is 19.8 Å². The fourth-order valence-electron chi connectivity index (χ4n) is 5.00. The van der Waals surface area contributed by atoms with E-state index in [0.29, 0.717) is 5.92 Å². The summed E-state index contributed by atoms with van der Waals surface area (Å²) in [5.74, 6) is 0.411. The fraction of sp³-hybridized carbons (Fsp3) is 0.308. The number of hydrogen-bond acceptors (Lipinski definition) is 1. The van der Waals surface area contributed by atoms with Gasteiger partial charge in [-0.05, 0) is 30.5 Å². The van der Waals surface area contributed by atoms with Gasteiger partial charge in [0, 0.05) is 5.92 Å². The molecule has 0 spiro atoms. The highest BCUT2D eigenvalue weighted by atomic mass is 28.3. The Kier molecular flexibility index (Phi) is 5.26. The van der Waals surface area contributed by atoms with Crippen LogP contribution in [-0.2, 0) is 4.74 Å². The maximum absolute atomic E-state index is 6.89. The van der Waals surface area contributed by atoms with Crippen LogP contribution in [-0.4, -0.2) is 13.7 Å². The summed E-state index contributed by atoms with van der Waals surface area (Å²) in [5, 5.41) is 1.51. The van der Waals surface area contributed by atoms with Crippen LogP contribution in [0.2, 0.25) is 19.1 Å². The van der Waals surface area contributed by atoms with Crippen LogP contribution < -0.4 is 5.19 Å². The molecule has 0 bridgehead atoms. The van der Waals surface area contributed by atoms with E-state index in [1.807, 2.05) is 0 Å². The first-order chi connectivity index (χ1) is 13.5. The lowest BCUT2D eigenvalue weighted by molar-refractivity contribution is -0.0230. The third kappa shape index (κ3) is 3.85. The Morgan fingerprint density at radius 2 is 1.29 bits per heavy atom. The second-order valence-electron chi connectivity index (χ2n) is 8.96. The van der Waals surface area contributed by atoms with Crippen LogP contribution in [0, 0.1) is 0 Å². The average Bonchev–Trinajstić information content (AvgIpc) is 3.06. The lowest BCUT2D eigenvalue weighted by Gasteiger charge is -2.38. The highest BCUT2D eigenvalue weighted by Crippen LogP contribution is 2.52. The molecule has 2 heteroatoms. The van der Waals surface area contributed by atoms with Crippen molar-refractivity contribution in [2.45, 2.75) is 50.1 Å². The van der Waals surface area contributed by atoms with Gasteiger partial charge >= 0.3 is 0 Å². The molecule has 1 nitrogen and oxygen atoms in total. The normalized spacial score (nSPS) is 25.0. The third-order valence-electron chi connectivity index (χ3n) is 6.32. The van der Waals surface area contributed by atoms with Gasteiger partial charge in [0.2, 0.25) is 0 Å². The first-order valence-corrected chi connectivity index (χ1v) is 13.5. The maximum Gasteiger partial charge on any atom is 0.0839 e. The largest absolute Gasteiger partial charge is 0.367 e. The van der Waals surface area contributed by atoms with Crippen molar-refractivity contribution in [1.82, 2.24) is 0 Å². The van der Waals surface area contributed by atoms with Gasteiger partial charge in [-0.25, -0.2) is 0 Å². The molecule has 3 atom stereocenters. The molecule has 0 aromatic heterocycles. The number of rotatable bonds is 5. The van der Waals surface area contributed by atoms with E-state index in [1.54, 1.807) is 0 Å². The smallest absolute Gasteiger partial charge is 0.0839 e. The SMILES string of the molecule is C[C@@]1(C[Si](C)(C)c2ccccc2)O[C@H](c2ccccc2)C[C@H]1c1ccccc1. The molecule has 1 heterocycles. The van der Waals surface area contributed by atoms with E-state index in [0.717, 1.165) is 12.5 Å². The summed E-state index contributed by atoms with van der Waals surface area (Å²) in [6.07, 6.45) is 1.21. The number of ether oxygens (including phenoxy) is 1. The van der Waals surface area contributed by atoms with Gasteiger partial charge in [0.25, 0.3) is 0 Å². The molecular weight excluding hydrogens is 356 g/mol. The summed E-state index contributed by atoms with van der Waals surface area (Å²) in [6, 6.07) is 33.9. The van der Waals surface area contributed by atoms with Gasteiger partial charge in [0.15, 0.2) is 0 Å². The second kappa shape index (κ2) is 7.69. The molecule has 0 N–H and O–H groups in total. The van der Waals surface area contributed by atoms with Crippen LogP contribution in [0.4, 0.5) is 0 Å². The zero-order valence-corrected chi connectivity index (χ0v) is 18.1. The number of benzene rings is 3.